The lowest BCUT2D eigenvalue weighted by atomic mass is 9.87. The average molecular weight is 764 g/mol. The summed E-state index contributed by atoms with van der Waals surface area (Å²) in [6, 6.07) is 17.0. The number of carbonyl (C=O) groups is 3. The minimum atomic E-state index is -2.56. The van der Waals surface area contributed by atoms with Crippen molar-refractivity contribution >= 4 is 29.0 Å². The first-order valence-electron chi connectivity index (χ1n) is 19.1. The third kappa shape index (κ3) is 7.16. The average Bonchev–Trinajstić information content (AvgIpc) is 3.51. The number of nitrogens with one attached hydrogen (secondary N) is 3. The maximum absolute atomic E-state index is 15.3. The van der Waals surface area contributed by atoms with Gasteiger partial charge in [0.1, 0.15) is 11.9 Å². The van der Waals surface area contributed by atoms with Crippen LogP contribution >= 0.6 is 0 Å². The van der Waals surface area contributed by atoms with E-state index in [0.29, 0.717) is 41.9 Å². The van der Waals surface area contributed by atoms with Gasteiger partial charge in [0.05, 0.1) is 17.4 Å². The lowest BCUT2D eigenvalue weighted by molar-refractivity contribution is -0.136. The SMILES string of the molecule is CC1=CNN(N[C@H](C)c2cccc(C(F)F)c2C)c2cc(-c3ccc(F)c(CN4CCC(c5ccc6c(c5)CN(C5CCC(=O)NC5=O)C6=O)CC4)c3)ncc21. The van der Waals surface area contributed by atoms with E-state index < -0.39 is 18.4 Å². The number of piperidine rings is 2. The van der Waals surface area contributed by atoms with Crippen LogP contribution in [0.3, 0.4) is 0 Å². The van der Waals surface area contributed by atoms with Crippen molar-refractivity contribution in [3.63, 3.8) is 0 Å². The van der Waals surface area contributed by atoms with Gasteiger partial charge in [0.2, 0.25) is 11.8 Å². The fraction of sp³-hybridized carbons (Fsp3) is 0.349. The van der Waals surface area contributed by atoms with E-state index in [2.05, 4.69) is 27.1 Å². The number of anilines is 1. The van der Waals surface area contributed by atoms with Crippen molar-refractivity contribution in [3.8, 4) is 11.3 Å². The molecule has 1 aromatic heterocycles. The number of hydrogen-bond acceptors (Lipinski definition) is 8. The molecule has 4 aromatic rings. The lowest BCUT2D eigenvalue weighted by Gasteiger charge is -2.34. The van der Waals surface area contributed by atoms with E-state index >= 15 is 4.39 Å². The Morgan fingerprint density at radius 2 is 1.73 bits per heavy atom. The molecule has 2 fully saturated rings. The molecule has 3 N–H and O–H groups in total. The molecule has 290 valence electrons. The fourth-order valence-corrected chi connectivity index (χ4v) is 8.52. The summed E-state index contributed by atoms with van der Waals surface area (Å²) in [6.45, 7) is 7.97. The van der Waals surface area contributed by atoms with Crippen LogP contribution in [0.2, 0.25) is 0 Å². The summed E-state index contributed by atoms with van der Waals surface area (Å²) in [4.78, 5) is 45.9. The number of likely N-dealkylation sites (tertiary alicyclic amines) is 1. The molecule has 0 spiro atoms. The lowest BCUT2D eigenvalue weighted by Crippen LogP contribution is -2.52. The second-order valence-electron chi connectivity index (χ2n) is 15.3. The molecule has 4 aliphatic heterocycles. The van der Waals surface area contributed by atoms with Crippen LogP contribution in [0.4, 0.5) is 18.9 Å². The molecule has 2 saturated heterocycles. The van der Waals surface area contributed by atoms with Crippen molar-refractivity contribution in [1.82, 2.24) is 31.0 Å². The third-order valence-corrected chi connectivity index (χ3v) is 11.7. The number of halogens is 3. The number of pyridine rings is 1. The Bertz CT molecular complexity index is 2250. The van der Waals surface area contributed by atoms with E-state index in [-0.39, 0.29) is 41.6 Å². The smallest absolute Gasteiger partial charge is 0.264 e. The topological polar surface area (TPSA) is 110 Å². The number of carbonyl (C=O) groups excluding carboxylic acids is 3. The molecule has 56 heavy (non-hydrogen) atoms. The van der Waals surface area contributed by atoms with Gasteiger partial charge in [-0.3, -0.25) is 35.0 Å². The maximum atomic E-state index is 15.3. The summed E-state index contributed by atoms with van der Waals surface area (Å²) >= 11 is 0. The Morgan fingerprint density at radius 3 is 2.50 bits per heavy atom. The minimum absolute atomic E-state index is 0.0151. The van der Waals surface area contributed by atoms with Crippen molar-refractivity contribution in [2.24, 2.45) is 0 Å². The highest BCUT2D eigenvalue weighted by molar-refractivity contribution is 6.05. The number of allylic oxidation sites excluding steroid dienone is 1. The van der Waals surface area contributed by atoms with Crippen LogP contribution in [0, 0.1) is 12.7 Å². The summed E-state index contributed by atoms with van der Waals surface area (Å²) in [7, 11) is 0. The highest BCUT2D eigenvalue weighted by atomic mass is 19.3. The van der Waals surface area contributed by atoms with E-state index in [1.807, 2.05) is 50.4 Å². The third-order valence-electron chi connectivity index (χ3n) is 11.7. The Kier molecular flexibility index (Phi) is 10.1. The largest absolute Gasteiger partial charge is 0.322 e. The number of amides is 3. The van der Waals surface area contributed by atoms with Gasteiger partial charge in [-0.15, -0.1) is 0 Å². The fourth-order valence-electron chi connectivity index (χ4n) is 8.52. The van der Waals surface area contributed by atoms with Crippen LogP contribution < -0.4 is 21.3 Å². The zero-order valence-corrected chi connectivity index (χ0v) is 31.5. The maximum Gasteiger partial charge on any atom is 0.264 e. The monoisotopic (exact) mass is 763 g/mol. The van der Waals surface area contributed by atoms with Crippen LogP contribution in [0.15, 0.2) is 73.1 Å². The highest BCUT2D eigenvalue weighted by Gasteiger charge is 2.39. The number of rotatable bonds is 9. The first kappa shape index (κ1) is 37.4. The van der Waals surface area contributed by atoms with Gasteiger partial charge in [-0.1, -0.05) is 30.3 Å². The summed E-state index contributed by atoms with van der Waals surface area (Å²) in [5, 5.41) is 4.13. The van der Waals surface area contributed by atoms with Crippen LogP contribution in [0.25, 0.3) is 16.8 Å². The van der Waals surface area contributed by atoms with E-state index in [0.717, 1.165) is 65.0 Å². The number of benzene rings is 3. The molecule has 3 aromatic carbocycles. The summed E-state index contributed by atoms with van der Waals surface area (Å²) in [6.07, 6.45) is 3.40. The van der Waals surface area contributed by atoms with Crippen LogP contribution in [0.1, 0.15) is 107 Å². The molecule has 13 heteroatoms. The normalized spacial score (nSPS) is 19.4. The number of alkyl halides is 2. The second kappa shape index (κ2) is 15.2. The van der Waals surface area contributed by atoms with Crippen molar-refractivity contribution < 1.29 is 27.6 Å². The Balaban J connectivity index is 0.934. The molecule has 4 aliphatic rings. The zero-order chi connectivity index (χ0) is 39.2. The highest BCUT2D eigenvalue weighted by Crippen LogP contribution is 2.36. The quantitative estimate of drug-likeness (QED) is 0.153. The van der Waals surface area contributed by atoms with Crippen LogP contribution in [-0.2, 0) is 22.7 Å². The first-order valence-corrected chi connectivity index (χ1v) is 19.1. The van der Waals surface area contributed by atoms with Crippen molar-refractivity contribution in [3.05, 3.63) is 123 Å². The van der Waals surface area contributed by atoms with E-state index in [1.54, 1.807) is 35.3 Å². The standard InChI is InChI=1S/C43H44F3N7O3/c1-24-20-48-53(50-26(3)32-5-4-6-33(25(32)2)41(45)46)39-19-37(47-21-35(24)39)29-8-10-36(44)31(18-29)22-51-15-13-27(14-16-51)28-7-9-34-30(17-28)23-52(43(34)56)38-11-12-40(54)49-42(38)55/h4-10,17-21,26-27,38,41,48,50H,11-16,22-23H2,1-3H3,(H,49,54,55)/t26-,38?/m1/s1. The predicted molar refractivity (Wildman–Crippen MR) is 206 cm³/mol. The molecular weight excluding hydrogens is 720 g/mol. The summed E-state index contributed by atoms with van der Waals surface area (Å²) < 4.78 is 42.6. The minimum Gasteiger partial charge on any atom is -0.322 e. The second-order valence-corrected chi connectivity index (χ2v) is 15.3. The molecule has 1 unspecified atom stereocenters. The van der Waals surface area contributed by atoms with E-state index in [1.165, 1.54) is 12.1 Å². The molecule has 0 aliphatic carbocycles. The number of fused-ring (bicyclic) bond motifs is 2. The molecule has 8 rings (SSSR count). The van der Waals surface area contributed by atoms with E-state index in [9.17, 15) is 23.2 Å². The van der Waals surface area contributed by atoms with Crippen molar-refractivity contribution in [2.75, 3.05) is 18.2 Å². The number of hydrogen-bond donors (Lipinski definition) is 3. The number of imide groups is 1. The van der Waals surface area contributed by atoms with Gasteiger partial charge in [0.25, 0.3) is 12.3 Å². The van der Waals surface area contributed by atoms with Gasteiger partial charge in [-0.25, -0.2) is 23.7 Å². The van der Waals surface area contributed by atoms with Crippen molar-refractivity contribution in [2.45, 2.75) is 84.0 Å². The molecule has 0 radical (unpaired) electrons. The van der Waals surface area contributed by atoms with Gasteiger partial charge in [-0.2, -0.15) is 0 Å². The van der Waals surface area contributed by atoms with Gasteiger partial charge in [-0.05, 0) is 117 Å². The van der Waals surface area contributed by atoms with Gasteiger partial charge < -0.3 is 4.90 Å². The van der Waals surface area contributed by atoms with E-state index in [4.69, 9.17) is 4.98 Å². The molecule has 10 nitrogen and oxygen atoms in total. The molecule has 0 saturated carbocycles. The van der Waals surface area contributed by atoms with Crippen LogP contribution in [-0.4, -0.2) is 51.6 Å². The Morgan fingerprint density at radius 1 is 0.946 bits per heavy atom. The Hall–Kier alpha value is -5.53. The zero-order valence-electron chi connectivity index (χ0n) is 31.5. The number of nitrogens with zero attached hydrogens (tertiary/aromatic N) is 4. The molecular formula is C43H44F3N7O3. The molecule has 2 atom stereocenters. The summed E-state index contributed by atoms with van der Waals surface area (Å²) in [5.41, 5.74) is 15.4. The molecule has 5 heterocycles. The number of aromatic nitrogens is 1. The van der Waals surface area contributed by atoms with Crippen molar-refractivity contribution in [1.29, 1.82) is 0 Å². The molecule has 0 bridgehead atoms. The summed E-state index contributed by atoms with van der Waals surface area (Å²) in [5.74, 6) is -0.894. The van der Waals surface area contributed by atoms with Crippen LogP contribution in [0.5, 0.6) is 0 Å². The molecule has 3 amide bonds. The first-order chi connectivity index (χ1) is 26.9. The van der Waals surface area contributed by atoms with Gasteiger partial charge in [0.15, 0.2) is 0 Å². The van der Waals surface area contributed by atoms with Gasteiger partial charge in [0, 0.05) is 59.7 Å². The Labute approximate surface area is 323 Å². The predicted octanol–water partition coefficient (Wildman–Crippen LogP) is 7.23. The van der Waals surface area contributed by atoms with Gasteiger partial charge >= 0.3 is 0 Å². The number of hydrazine groups is 2.